The van der Waals surface area contributed by atoms with Crippen LogP contribution >= 0.6 is 0 Å². The van der Waals surface area contributed by atoms with Crippen LogP contribution in [-0.2, 0) is 4.79 Å². The second kappa shape index (κ2) is 9.91. The van der Waals surface area contributed by atoms with E-state index in [1.165, 1.54) is 25.1 Å². The minimum atomic E-state index is -1.03. The number of phenolic OH excluding ortho intramolecular Hbond substituents is 1. The van der Waals surface area contributed by atoms with Crippen molar-refractivity contribution in [3.8, 4) is 5.75 Å². The molecule has 170 valence electrons. The molecular weight excluding hydrogens is 411 g/mol. The SMILES string of the molecule is CC(=NC(=Nc1cc(C)ccc1C)c1c(O)cccc1F)N1CCN(C(=O)C(C)O)CC1. The summed E-state index contributed by atoms with van der Waals surface area (Å²) in [6.45, 7) is 9.05. The fourth-order valence-electron chi connectivity index (χ4n) is 3.56. The van der Waals surface area contributed by atoms with Crippen molar-refractivity contribution in [2.45, 2.75) is 33.8 Å². The van der Waals surface area contributed by atoms with Crippen LogP contribution in [0.4, 0.5) is 10.1 Å². The van der Waals surface area contributed by atoms with Crippen molar-refractivity contribution in [1.82, 2.24) is 9.80 Å². The highest BCUT2D eigenvalue weighted by Gasteiger charge is 2.25. The highest BCUT2D eigenvalue weighted by molar-refractivity contribution is 6.09. The summed E-state index contributed by atoms with van der Waals surface area (Å²) in [5.74, 6) is -0.473. The van der Waals surface area contributed by atoms with Crippen molar-refractivity contribution in [3.05, 3.63) is 58.9 Å². The Labute approximate surface area is 187 Å². The van der Waals surface area contributed by atoms with E-state index in [0.29, 0.717) is 37.7 Å². The molecule has 1 amide bonds. The van der Waals surface area contributed by atoms with Crippen LogP contribution in [0, 0.1) is 19.7 Å². The number of hydrogen-bond acceptors (Lipinski definition) is 4. The number of hydrogen-bond donors (Lipinski definition) is 2. The van der Waals surface area contributed by atoms with Crippen LogP contribution in [0.2, 0.25) is 0 Å². The molecule has 32 heavy (non-hydrogen) atoms. The molecule has 0 bridgehead atoms. The molecule has 7 nitrogen and oxygen atoms in total. The van der Waals surface area contributed by atoms with Gasteiger partial charge in [-0.2, -0.15) is 0 Å². The van der Waals surface area contributed by atoms with Crippen molar-refractivity contribution in [2.24, 2.45) is 9.98 Å². The summed E-state index contributed by atoms with van der Waals surface area (Å²) in [4.78, 5) is 24.8. The van der Waals surface area contributed by atoms with Gasteiger partial charge in [0, 0.05) is 26.2 Å². The van der Waals surface area contributed by atoms with Gasteiger partial charge < -0.3 is 20.0 Å². The van der Waals surface area contributed by atoms with Crippen LogP contribution in [0.25, 0.3) is 0 Å². The van der Waals surface area contributed by atoms with Gasteiger partial charge in [0.15, 0.2) is 5.84 Å². The Balaban J connectivity index is 1.96. The largest absolute Gasteiger partial charge is 0.507 e. The van der Waals surface area contributed by atoms with Crippen LogP contribution in [0.15, 0.2) is 46.4 Å². The first-order chi connectivity index (χ1) is 15.2. The molecule has 2 N–H and O–H groups in total. The van der Waals surface area contributed by atoms with Gasteiger partial charge in [-0.25, -0.2) is 14.4 Å². The Bertz CT molecular complexity index is 1040. The highest BCUT2D eigenvalue weighted by Crippen LogP contribution is 2.26. The lowest BCUT2D eigenvalue weighted by molar-refractivity contribution is -0.140. The first-order valence-corrected chi connectivity index (χ1v) is 10.6. The number of aliphatic imine (C=N–C) groups is 2. The maximum atomic E-state index is 14.7. The maximum Gasteiger partial charge on any atom is 0.251 e. The fourth-order valence-corrected chi connectivity index (χ4v) is 3.56. The molecule has 2 aromatic rings. The van der Waals surface area contributed by atoms with E-state index < -0.39 is 11.9 Å². The van der Waals surface area contributed by atoms with Gasteiger partial charge in [-0.15, -0.1) is 0 Å². The minimum absolute atomic E-state index is 0.0596. The Hall–Kier alpha value is -3.26. The summed E-state index contributed by atoms with van der Waals surface area (Å²) < 4.78 is 14.7. The van der Waals surface area contributed by atoms with Gasteiger partial charge in [0.05, 0.1) is 11.3 Å². The molecule has 2 aromatic carbocycles. The Morgan fingerprint density at radius 2 is 1.75 bits per heavy atom. The number of aromatic hydroxyl groups is 1. The molecule has 3 rings (SSSR count). The molecule has 1 atom stereocenters. The number of aliphatic hydroxyl groups excluding tert-OH is 1. The number of halogens is 1. The van der Waals surface area contributed by atoms with Crippen molar-refractivity contribution >= 4 is 23.3 Å². The lowest BCUT2D eigenvalue weighted by Crippen LogP contribution is -2.52. The predicted octanol–water partition coefficient (Wildman–Crippen LogP) is 3.17. The lowest BCUT2D eigenvalue weighted by Gasteiger charge is -2.36. The molecule has 0 aliphatic carbocycles. The van der Waals surface area contributed by atoms with Crippen molar-refractivity contribution < 1.29 is 19.4 Å². The zero-order valence-electron chi connectivity index (χ0n) is 18.8. The van der Waals surface area contributed by atoms with Crippen LogP contribution in [0.5, 0.6) is 5.75 Å². The van der Waals surface area contributed by atoms with Gasteiger partial charge in [-0.05, 0) is 57.0 Å². The molecule has 1 saturated heterocycles. The Kier molecular flexibility index (Phi) is 7.25. The molecule has 1 aliphatic rings. The minimum Gasteiger partial charge on any atom is -0.507 e. The quantitative estimate of drug-likeness (QED) is 0.567. The summed E-state index contributed by atoms with van der Waals surface area (Å²) in [6.07, 6.45) is -1.03. The van der Waals surface area contributed by atoms with E-state index in [4.69, 9.17) is 0 Å². The molecule has 8 heteroatoms. The number of rotatable bonds is 3. The number of piperazine rings is 1. The van der Waals surface area contributed by atoms with Gasteiger partial charge >= 0.3 is 0 Å². The fraction of sp³-hybridized carbons (Fsp3) is 0.375. The van der Waals surface area contributed by atoms with E-state index in [0.717, 1.165) is 11.1 Å². The number of amidine groups is 2. The average molecular weight is 441 g/mol. The zero-order chi connectivity index (χ0) is 23.4. The molecule has 1 unspecified atom stereocenters. The van der Waals surface area contributed by atoms with Gasteiger partial charge in [-0.3, -0.25) is 4.79 Å². The summed E-state index contributed by atoms with van der Waals surface area (Å²) in [6, 6.07) is 9.89. The third kappa shape index (κ3) is 5.31. The van der Waals surface area contributed by atoms with Gasteiger partial charge in [0.2, 0.25) is 0 Å². The van der Waals surface area contributed by atoms with E-state index in [1.807, 2.05) is 36.9 Å². The molecule has 0 spiro atoms. The number of amides is 1. The normalized spacial score (nSPS) is 16.3. The topological polar surface area (TPSA) is 88.7 Å². The summed E-state index contributed by atoms with van der Waals surface area (Å²) in [5, 5.41) is 19.9. The monoisotopic (exact) mass is 440 g/mol. The van der Waals surface area contributed by atoms with Crippen molar-refractivity contribution in [3.63, 3.8) is 0 Å². The second-order valence-corrected chi connectivity index (χ2v) is 8.01. The van der Waals surface area contributed by atoms with Crippen LogP contribution in [0.3, 0.4) is 0 Å². The number of aryl methyl sites for hydroxylation is 2. The van der Waals surface area contributed by atoms with E-state index in [2.05, 4.69) is 9.98 Å². The average Bonchev–Trinajstić information content (AvgIpc) is 2.75. The van der Waals surface area contributed by atoms with Gasteiger partial charge in [0.1, 0.15) is 23.5 Å². The molecule has 1 heterocycles. The third-order valence-electron chi connectivity index (χ3n) is 5.48. The predicted molar refractivity (Wildman–Crippen MR) is 123 cm³/mol. The van der Waals surface area contributed by atoms with Crippen LogP contribution < -0.4 is 0 Å². The number of carbonyl (C=O) groups is 1. The van der Waals surface area contributed by atoms with Crippen molar-refractivity contribution in [2.75, 3.05) is 26.2 Å². The number of phenols is 1. The highest BCUT2D eigenvalue weighted by atomic mass is 19.1. The second-order valence-electron chi connectivity index (χ2n) is 8.01. The smallest absolute Gasteiger partial charge is 0.251 e. The molecule has 1 aliphatic heterocycles. The number of carbonyl (C=O) groups excluding carboxylic acids is 1. The van der Waals surface area contributed by atoms with E-state index >= 15 is 0 Å². The van der Waals surface area contributed by atoms with E-state index in [9.17, 15) is 19.4 Å². The van der Waals surface area contributed by atoms with Gasteiger partial charge in [-0.1, -0.05) is 18.2 Å². The third-order valence-corrected chi connectivity index (χ3v) is 5.48. The van der Waals surface area contributed by atoms with E-state index in [1.54, 1.807) is 11.8 Å². The summed E-state index contributed by atoms with van der Waals surface area (Å²) in [7, 11) is 0. The number of benzene rings is 2. The first kappa shape index (κ1) is 23.4. The zero-order valence-corrected chi connectivity index (χ0v) is 18.8. The maximum absolute atomic E-state index is 14.7. The standard InChI is InChI=1S/C24H29FN4O3/c1-15-8-9-16(2)20(14-15)27-23(22-19(25)6-5-7-21(22)31)26-18(4)28-10-12-29(13-11-28)24(32)17(3)30/h5-9,14,17,30-31H,10-13H2,1-4H3. The molecule has 0 aromatic heterocycles. The van der Waals surface area contributed by atoms with Crippen LogP contribution in [-0.4, -0.2) is 69.9 Å². The summed E-state index contributed by atoms with van der Waals surface area (Å²) in [5.41, 5.74) is 2.50. The lowest BCUT2D eigenvalue weighted by atomic mass is 10.1. The molecule has 1 fully saturated rings. The molecule has 0 radical (unpaired) electrons. The van der Waals surface area contributed by atoms with E-state index in [-0.39, 0.29) is 23.1 Å². The molecular formula is C24H29FN4O3. The first-order valence-electron chi connectivity index (χ1n) is 10.6. The Morgan fingerprint density at radius 3 is 2.38 bits per heavy atom. The molecule has 0 saturated carbocycles. The Morgan fingerprint density at radius 1 is 1.09 bits per heavy atom. The summed E-state index contributed by atoms with van der Waals surface area (Å²) >= 11 is 0. The van der Waals surface area contributed by atoms with Crippen LogP contribution in [0.1, 0.15) is 30.5 Å². The van der Waals surface area contributed by atoms with Crippen molar-refractivity contribution in [1.29, 1.82) is 0 Å². The number of nitrogens with zero attached hydrogens (tertiary/aromatic N) is 4. The number of aliphatic hydroxyl groups is 1. The van der Waals surface area contributed by atoms with Gasteiger partial charge in [0.25, 0.3) is 5.91 Å².